The predicted octanol–water partition coefficient (Wildman–Crippen LogP) is 2.37. The molecule has 0 N–H and O–H groups in total. The second-order valence-corrected chi connectivity index (χ2v) is 13.1. The van der Waals surface area contributed by atoms with Gasteiger partial charge in [-0.3, -0.25) is 14.4 Å². The summed E-state index contributed by atoms with van der Waals surface area (Å²) in [5.74, 6) is -5.92. The fourth-order valence-corrected chi connectivity index (χ4v) is 6.03. The number of cyclic esters (lactones) is 3. The van der Waals surface area contributed by atoms with E-state index in [-0.39, 0.29) is 16.0 Å². The molecule has 0 spiro atoms. The first-order valence-corrected chi connectivity index (χ1v) is 16.9. The lowest BCUT2D eigenvalue weighted by Gasteiger charge is -2.36. The molecule has 0 aromatic rings. The molecule has 12 nitrogen and oxygen atoms in total. The molecule has 0 saturated carbocycles. The van der Waals surface area contributed by atoms with Crippen LogP contribution in [0, 0.1) is 17.8 Å². The highest BCUT2D eigenvalue weighted by Gasteiger charge is 2.43. The third kappa shape index (κ3) is 9.13. The Bertz CT molecular complexity index is 887. The normalized spacial score (nSPS) is 28.2. The lowest BCUT2D eigenvalue weighted by Crippen LogP contribution is -2.57. The van der Waals surface area contributed by atoms with E-state index in [4.69, 9.17) is 14.2 Å². The molecule has 3 amide bonds. The fraction of sp³-hybridized carbons (Fsp3) is 0.778. The molecule has 1 rings (SSSR count). The number of carbonyl (C=O) groups excluding carboxylic acids is 6. The molecule has 0 aromatic carbocycles. The van der Waals surface area contributed by atoms with Crippen LogP contribution in [0.5, 0.6) is 0 Å². The number of amides is 3. The van der Waals surface area contributed by atoms with Gasteiger partial charge in [0.05, 0.1) is 0 Å². The number of nitrogens with zero attached hydrogens (tertiary/aromatic N) is 3. The fourth-order valence-electron chi connectivity index (χ4n) is 4.80. The van der Waals surface area contributed by atoms with Crippen LogP contribution in [0.4, 0.5) is 0 Å². The number of hydrogen-bond donors (Lipinski definition) is 0. The van der Waals surface area contributed by atoms with Gasteiger partial charge in [-0.2, -0.15) is 0 Å². The Morgan fingerprint density at radius 2 is 0.690 bits per heavy atom. The number of rotatable bonds is 6. The predicted molar refractivity (Wildman–Crippen MR) is 165 cm³/mol. The van der Waals surface area contributed by atoms with Gasteiger partial charge >= 0.3 is 17.9 Å². The van der Waals surface area contributed by atoms with Crippen molar-refractivity contribution in [2.45, 2.75) is 78.0 Å². The van der Waals surface area contributed by atoms with Crippen molar-refractivity contribution in [3.63, 3.8) is 0 Å². The molecular weight excluding hydrogens is 750 g/mol. The van der Waals surface area contributed by atoms with Crippen molar-refractivity contribution in [3.05, 3.63) is 0 Å². The van der Waals surface area contributed by atoms with E-state index in [1.54, 1.807) is 41.5 Å². The third-order valence-corrected chi connectivity index (χ3v) is 8.70. The molecule has 1 aliphatic heterocycles. The lowest BCUT2D eigenvalue weighted by atomic mass is 10.0. The van der Waals surface area contributed by atoms with E-state index in [1.807, 2.05) is 0 Å². The van der Waals surface area contributed by atoms with Crippen molar-refractivity contribution < 1.29 is 43.0 Å². The van der Waals surface area contributed by atoms with Crippen LogP contribution in [0.2, 0.25) is 0 Å². The second-order valence-electron chi connectivity index (χ2n) is 11.2. The Balaban J connectivity index is 3.77. The summed E-state index contributed by atoms with van der Waals surface area (Å²) in [6.45, 7) is 10.2. The maximum atomic E-state index is 13.5. The van der Waals surface area contributed by atoms with E-state index in [0.29, 0.717) is 0 Å². The molecule has 1 heterocycles. The van der Waals surface area contributed by atoms with Gasteiger partial charge in [0, 0.05) is 37.1 Å². The number of halogens is 3. The first-order chi connectivity index (χ1) is 19.5. The number of esters is 3. The zero-order valence-corrected chi connectivity index (χ0v) is 30.2. The molecular formula is C27H42Br3N3O9. The van der Waals surface area contributed by atoms with Crippen LogP contribution in [0.25, 0.3) is 0 Å². The minimum absolute atomic E-state index is 0.0875. The topological polar surface area (TPSA) is 140 Å². The molecule has 1 aliphatic rings. The summed E-state index contributed by atoms with van der Waals surface area (Å²) in [5.41, 5.74) is 0. The van der Waals surface area contributed by atoms with Crippen molar-refractivity contribution in [2.75, 3.05) is 37.1 Å². The van der Waals surface area contributed by atoms with E-state index in [2.05, 4.69) is 47.8 Å². The Hall–Kier alpha value is -1.74. The van der Waals surface area contributed by atoms with Crippen LogP contribution >= 0.6 is 47.8 Å². The summed E-state index contributed by atoms with van der Waals surface area (Å²) in [6.07, 6.45) is -4.01. The molecule has 1 fully saturated rings. The van der Waals surface area contributed by atoms with E-state index >= 15 is 0 Å². The minimum Gasteiger partial charge on any atom is -0.450 e. The second kappa shape index (κ2) is 16.9. The SMILES string of the molecule is CC(C)C1C(=O)OC(CBr)C(=O)N(C)C(C(C)C)C(=O)OC(CBr)C(=O)N(C)C(C(C)C)C(=O)OC(CBr)C(=O)N1C. The van der Waals surface area contributed by atoms with Gasteiger partial charge in [-0.1, -0.05) is 89.3 Å². The van der Waals surface area contributed by atoms with Gasteiger partial charge in [0.15, 0.2) is 18.3 Å². The van der Waals surface area contributed by atoms with E-state index in [9.17, 15) is 28.8 Å². The average molecular weight is 792 g/mol. The van der Waals surface area contributed by atoms with Gasteiger partial charge in [-0.25, -0.2) is 14.4 Å². The number of ether oxygens (including phenoxy) is 3. The number of carbonyl (C=O) groups is 6. The molecule has 0 radical (unpaired) electrons. The van der Waals surface area contributed by atoms with Gasteiger partial charge in [0.25, 0.3) is 17.7 Å². The zero-order chi connectivity index (χ0) is 32.6. The molecule has 42 heavy (non-hydrogen) atoms. The molecule has 0 bridgehead atoms. The van der Waals surface area contributed by atoms with Gasteiger partial charge in [0.2, 0.25) is 0 Å². The molecule has 6 atom stereocenters. The van der Waals surface area contributed by atoms with Crippen LogP contribution < -0.4 is 0 Å². The molecule has 6 unspecified atom stereocenters. The summed E-state index contributed by atoms with van der Waals surface area (Å²) in [6, 6.07) is -3.40. The summed E-state index contributed by atoms with van der Waals surface area (Å²) < 4.78 is 16.8. The maximum Gasteiger partial charge on any atom is 0.329 e. The van der Waals surface area contributed by atoms with Crippen LogP contribution in [0.1, 0.15) is 41.5 Å². The highest BCUT2D eigenvalue weighted by molar-refractivity contribution is 9.09. The van der Waals surface area contributed by atoms with Crippen molar-refractivity contribution in [3.8, 4) is 0 Å². The molecule has 15 heteroatoms. The van der Waals surface area contributed by atoms with E-state index < -0.39 is 89.8 Å². The standard InChI is InChI=1S/C27H42Br3N3O9/c1-13(2)19-25(37)40-17(11-29)23(35)32(8)21(15(5)6)27(39)42-18(12-30)24(36)33(9)20(14(3)4)26(38)41-16(10-28)22(34)31(19)7/h13-21H,10-12H2,1-9H3. The smallest absolute Gasteiger partial charge is 0.329 e. The summed E-state index contributed by atoms with van der Waals surface area (Å²) in [7, 11) is 4.15. The van der Waals surface area contributed by atoms with Gasteiger partial charge in [-0.15, -0.1) is 0 Å². The van der Waals surface area contributed by atoms with Gasteiger partial charge in [0.1, 0.15) is 18.1 Å². The first-order valence-electron chi connectivity index (χ1n) is 13.6. The first kappa shape index (κ1) is 38.3. The molecule has 240 valence electrons. The average Bonchev–Trinajstić information content (AvgIpc) is 2.90. The monoisotopic (exact) mass is 789 g/mol. The highest BCUT2D eigenvalue weighted by atomic mass is 79.9. The van der Waals surface area contributed by atoms with Crippen LogP contribution in [-0.4, -0.2) is 124 Å². The van der Waals surface area contributed by atoms with E-state index in [1.165, 1.54) is 21.1 Å². The van der Waals surface area contributed by atoms with Gasteiger partial charge < -0.3 is 28.9 Å². The summed E-state index contributed by atoms with van der Waals surface area (Å²) in [5, 5.41) is -0.263. The van der Waals surface area contributed by atoms with Crippen LogP contribution in [0.3, 0.4) is 0 Å². The third-order valence-electron chi connectivity index (χ3n) is 6.94. The number of hydrogen-bond acceptors (Lipinski definition) is 9. The summed E-state index contributed by atoms with van der Waals surface area (Å²) >= 11 is 9.63. The Morgan fingerprint density at radius 1 is 0.500 bits per heavy atom. The minimum atomic E-state index is -1.34. The van der Waals surface area contributed by atoms with E-state index in [0.717, 1.165) is 14.7 Å². The van der Waals surface area contributed by atoms with Crippen molar-refractivity contribution >= 4 is 83.4 Å². The Morgan fingerprint density at radius 3 is 0.833 bits per heavy atom. The van der Waals surface area contributed by atoms with Crippen molar-refractivity contribution in [1.82, 2.24) is 14.7 Å². The number of alkyl halides is 3. The Labute approximate surface area is 272 Å². The van der Waals surface area contributed by atoms with Crippen molar-refractivity contribution in [2.24, 2.45) is 17.8 Å². The lowest BCUT2D eigenvalue weighted by molar-refractivity contribution is -0.176. The zero-order valence-electron chi connectivity index (χ0n) is 25.5. The van der Waals surface area contributed by atoms with Gasteiger partial charge in [-0.05, 0) is 17.8 Å². The molecule has 1 saturated heterocycles. The quantitative estimate of drug-likeness (QED) is 0.226. The maximum absolute atomic E-state index is 13.5. The largest absolute Gasteiger partial charge is 0.450 e. The van der Waals surface area contributed by atoms with Crippen molar-refractivity contribution in [1.29, 1.82) is 0 Å². The van der Waals surface area contributed by atoms with Crippen LogP contribution in [0.15, 0.2) is 0 Å². The molecule has 0 aliphatic carbocycles. The van der Waals surface area contributed by atoms with Crippen LogP contribution in [-0.2, 0) is 43.0 Å². The highest BCUT2D eigenvalue weighted by Crippen LogP contribution is 2.22. The summed E-state index contributed by atoms with van der Waals surface area (Å²) in [4.78, 5) is 84.1. The Kier molecular flexibility index (Phi) is 15.4. The number of likely N-dealkylation sites (N-methyl/N-ethyl adjacent to an activating group) is 3. The molecule has 0 aromatic heterocycles.